The van der Waals surface area contributed by atoms with Gasteiger partial charge in [0.25, 0.3) is 0 Å². The average molecular weight is 422 g/mol. The van der Waals surface area contributed by atoms with Crippen molar-refractivity contribution in [3.8, 4) is 11.4 Å². The summed E-state index contributed by atoms with van der Waals surface area (Å²) in [5.74, 6) is 0.548. The summed E-state index contributed by atoms with van der Waals surface area (Å²) in [5, 5.41) is 10.7. The fourth-order valence-electron chi connectivity index (χ4n) is 6.40. The van der Waals surface area contributed by atoms with Gasteiger partial charge in [-0.05, 0) is 37.2 Å². The molecule has 2 aromatic heterocycles. The van der Waals surface area contributed by atoms with E-state index >= 15 is 0 Å². The Morgan fingerprint density at radius 2 is 1.94 bits per heavy atom. The highest BCUT2D eigenvalue weighted by Crippen LogP contribution is 2.42. The van der Waals surface area contributed by atoms with Crippen LogP contribution >= 0.6 is 0 Å². The molecule has 2 fully saturated rings. The molecule has 2 N–H and O–H groups in total. The number of nitrogens with zero attached hydrogens (tertiary/aromatic N) is 3. The first-order valence-corrected chi connectivity index (χ1v) is 12.0. The molecule has 0 radical (unpaired) electrons. The van der Waals surface area contributed by atoms with Gasteiger partial charge in [-0.1, -0.05) is 26.0 Å². The average Bonchev–Trinajstić information content (AvgIpc) is 3.33. The summed E-state index contributed by atoms with van der Waals surface area (Å²) in [6, 6.07) is 0.493. The minimum atomic E-state index is 0.278. The molecule has 0 bridgehead atoms. The standard InChI is InChI=1S/C25H35N5O/c1-16-17-5-4-6-18-19-13-22-20(14-21(19)26-23(18)24(17)28-27-16)25(2,3)15-30(22)8-7-29-9-11-31-12-10-29/h13-14,20,22,26H,4-12,15H2,1-3H3,(H,27,28). The van der Waals surface area contributed by atoms with Crippen molar-refractivity contribution in [1.82, 2.24) is 25.0 Å². The molecule has 2 unspecified atom stereocenters. The van der Waals surface area contributed by atoms with E-state index in [0.717, 1.165) is 64.5 Å². The molecule has 0 aromatic carbocycles. The fourth-order valence-corrected chi connectivity index (χ4v) is 6.40. The monoisotopic (exact) mass is 421 g/mol. The summed E-state index contributed by atoms with van der Waals surface area (Å²) in [4.78, 5) is 9.10. The van der Waals surface area contributed by atoms with Gasteiger partial charge in [-0.2, -0.15) is 5.10 Å². The Morgan fingerprint density at radius 1 is 1.13 bits per heavy atom. The molecule has 6 heteroatoms. The molecule has 2 aromatic rings. The van der Waals surface area contributed by atoms with Gasteiger partial charge in [0.1, 0.15) is 5.69 Å². The molecule has 0 amide bonds. The van der Waals surface area contributed by atoms with Crippen LogP contribution in [-0.4, -0.2) is 77.0 Å². The van der Waals surface area contributed by atoms with E-state index in [1.165, 1.54) is 39.5 Å². The Hall–Kier alpha value is -1.89. The topological polar surface area (TPSA) is 60.2 Å². The lowest BCUT2D eigenvalue weighted by molar-refractivity contribution is 0.0333. The highest BCUT2D eigenvalue weighted by Gasteiger charge is 2.45. The van der Waals surface area contributed by atoms with E-state index in [0.29, 0.717) is 12.0 Å². The Kier molecular flexibility index (Phi) is 4.67. The van der Waals surface area contributed by atoms with Gasteiger partial charge in [-0.25, -0.2) is 0 Å². The van der Waals surface area contributed by atoms with E-state index in [-0.39, 0.29) is 5.41 Å². The molecule has 6 nitrogen and oxygen atoms in total. The van der Waals surface area contributed by atoms with Gasteiger partial charge in [0.05, 0.1) is 18.9 Å². The third-order valence-corrected chi connectivity index (χ3v) is 8.13. The van der Waals surface area contributed by atoms with Crippen LogP contribution in [0.2, 0.25) is 0 Å². The number of nitrogens with one attached hydrogen (secondary N) is 2. The van der Waals surface area contributed by atoms with Crippen LogP contribution in [0.4, 0.5) is 0 Å². The molecule has 0 saturated carbocycles. The largest absolute Gasteiger partial charge is 0.379 e. The molecular weight excluding hydrogens is 386 g/mol. The molecule has 2 aliphatic carbocycles. The normalized spacial score (nSPS) is 27.5. The SMILES string of the molecule is Cc1[nH]nc2c1CCCc1c-2[nH]c2c1=CC1C(C=2)C(C)(C)CN1CCN1CCOCC1. The summed E-state index contributed by atoms with van der Waals surface area (Å²) in [6.07, 6.45) is 8.58. The first-order chi connectivity index (χ1) is 15.0. The summed E-state index contributed by atoms with van der Waals surface area (Å²) in [5.41, 5.74) is 6.77. The first-order valence-electron chi connectivity index (χ1n) is 12.0. The minimum Gasteiger partial charge on any atom is -0.379 e. The van der Waals surface area contributed by atoms with Crippen molar-refractivity contribution in [1.29, 1.82) is 0 Å². The van der Waals surface area contributed by atoms with Crippen LogP contribution in [0.25, 0.3) is 23.5 Å². The number of likely N-dealkylation sites (tertiary alicyclic amines) is 1. The highest BCUT2D eigenvalue weighted by molar-refractivity contribution is 5.68. The van der Waals surface area contributed by atoms with Crippen LogP contribution in [-0.2, 0) is 17.6 Å². The van der Waals surface area contributed by atoms with Gasteiger partial charge in [0.2, 0.25) is 0 Å². The van der Waals surface area contributed by atoms with Gasteiger partial charge >= 0.3 is 0 Å². The third kappa shape index (κ3) is 3.22. The number of fused-ring (bicyclic) bond motifs is 6. The lowest BCUT2D eigenvalue weighted by atomic mass is 9.77. The van der Waals surface area contributed by atoms with Crippen molar-refractivity contribution in [3.05, 3.63) is 27.4 Å². The molecule has 31 heavy (non-hydrogen) atoms. The van der Waals surface area contributed by atoms with Gasteiger partial charge < -0.3 is 9.72 Å². The maximum absolute atomic E-state index is 5.53. The Bertz CT molecular complexity index is 1100. The molecule has 2 atom stereocenters. The Balaban J connectivity index is 1.36. The van der Waals surface area contributed by atoms with E-state index in [2.05, 4.69) is 57.9 Å². The molecule has 4 aliphatic rings. The van der Waals surface area contributed by atoms with Gasteiger partial charge in [0.15, 0.2) is 0 Å². The number of aromatic nitrogens is 3. The maximum Gasteiger partial charge on any atom is 0.112 e. The van der Waals surface area contributed by atoms with Crippen molar-refractivity contribution >= 4 is 12.2 Å². The molecule has 2 saturated heterocycles. The summed E-state index contributed by atoms with van der Waals surface area (Å²) >= 11 is 0. The van der Waals surface area contributed by atoms with E-state index in [4.69, 9.17) is 4.74 Å². The van der Waals surface area contributed by atoms with Crippen LogP contribution < -0.4 is 10.6 Å². The molecule has 166 valence electrons. The van der Waals surface area contributed by atoms with Crippen molar-refractivity contribution in [2.24, 2.45) is 11.3 Å². The number of ether oxygens (including phenoxy) is 1. The predicted molar refractivity (Wildman–Crippen MR) is 123 cm³/mol. The second-order valence-electron chi connectivity index (χ2n) is 10.6. The molecule has 0 spiro atoms. The van der Waals surface area contributed by atoms with Crippen LogP contribution in [0.5, 0.6) is 0 Å². The zero-order chi connectivity index (χ0) is 21.2. The predicted octanol–water partition coefficient (Wildman–Crippen LogP) is 1.44. The Morgan fingerprint density at radius 3 is 2.77 bits per heavy atom. The zero-order valence-corrected chi connectivity index (χ0v) is 19.1. The van der Waals surface area contributed by atoms with Crippen molar-refractivity contribution in [2.75, 3.05) is 45.9 Å². The number of hydrogen-bond donors (Lipinski definition) is 2. The number of morpholine rings is 1. The minimum absolute atomic E-state index is 0.278. The van der Waals surface area contributed by atoms with E-state index in [1.807, 2.05) is 0 Å². The summed E-state index contributed by atoms with van der Waals surface area (Å²) in [6.45, 7) is 14.4. The fraction of sp³-hybridized carbons (Fsp3) is 0.640. The van der Waals surface area contributed by atoms with Crippen LogP contribution in [0, 0.1) is 18.3 Å². The van der Waals surface area contributed by atoms with Crippen LogP contribution in [0.1, 0.15) is 37.1 Å². The van der Waals surface area contributed by atoms with Gasteiger partial charge in [0, 0.05) is 66.5 Å². The molecule has 6 rings (SSSR count). The number of H-pyrrole nitrogens is 2. The first kappa shape index (κ1) is 19.8. The quantitative estimate of drug-likeness (QED) is 0.787. The Labute approximate surface area is 184 Å². The third-order valence-electron chi connectivity index (χ3n) is 8.13. The number of hydrogen-bond acceptors (Lipinski definition) is 4. The van der Waals surface area contributed by atoms with Crippen LogP contribution in [0.15, 0.2) is 0 Å². The van der Waals surface area contributed by atoms with E-state index in [1.54, 1.807) is 0 Å². The second kappa shape index (κ2) is 7.32. The number of rotatable bonds is 3. The van der Waals surface area contributed by atoms with Crippen molar-refractivity contribution in [3.63, 3.8) is 0 Å². The lowest BCUT2D eigenvalue weighted by Crippen LogP contribution is -2.44. The molecule has 4 heterocycles. The molecular formula is C25H35N5O. The second-order valence-corrected chi connectivity index (χ2v) is 10.6. The van der Waals surface area contributed by atoms with Gasteiger partial charge in [-0.15, -0.1) is 0 Å². The summed E-state index contributed by atoms with van der Waals surface area (Å²) < 4.78 is 5.53. The number of aromatic amines is 2. The maximum atomic E-state index is 5.53. The highest BCUT2D eigenvalue weighted by atomic mass is 16.5. The smallest absolute Gasteiger partial charge is 0.112 e. The van der Waals surface area contributed by atoms with E-state index < -0.39 is 0 Å². The summed E-state index contributed by atoms with van der Waals surface area (Å²) in [7, 11) is 0. The van der Waals surface area contributed by atoms with Gasteiger partial charge in [-0.3, -0.25) is 14.9 Å². The van der Waals surface area contributed by atoms with E-state index in [9.17, 15) is 0 Å². The lowest BCUT2D eigenvalue weighted by Gasteiger charge is -2.31. The van der Waals surface area contributed by atoms with Crippen molar-refractivity contribution < 1.29 is 4.74 Å². The molecule has 2 aliphatic heterocycles. The zero-order valence-electron chi connectivity index (χ0n) is 19.1. The van der Waals surface area contributed by atoms with Crippen LogP contribution in [0.3, 0.4) is 0 Å². The number of aryl methyl sites for hydroxylation is 1. The van der Waals surface area contributed by atoms with Crippen molar-refractivity contribution in [2.45, 2.75) is 46.1 Å².